The third kappa shape index (κ3) is 3.29. The first kappa shape index (κ1) is 15.4. The van der Waals surface area contributed by atoms with Gasteiger partial charge in [-0.05, 0) is 24.5 Å². The van der Waals surface area contributed by atoms with Crippen LogP contribution in [0, 0.1) is 5.92 Å². The molecule has 2 aromatic rings. The van der Waals surface area contributed by atoms with Gasteiger partial charge in [-0.3, -0.25) is 4.79 Å². The second-order valence-electron chi connectivity index (χ2n) is 5.79. The second kappa shape index (κ2) is 6.73. The van der Waals surface area contributed by atoms with Crippen LogP contribution in [0.3, 0.4) is 0 Å². The summed E-state index contributed by atoms with van der Waals surface area (Å²) in [7, 11) is 0. The summed E-state index contributed by atoms with van der Waals surface area (Å²) >= 11 is 1.29. The lowest BCUT2D eigenvalue weighted by Crippen LogP contribution is -2.39. The molecule has 1 amide bonds. The van der Waals surface area contributed by atoms with Crippen LogP contribution in [-0.2, 0) is 4.79 Å². The van der Waals surface area contributed by atoms with Gasteiger partial charge in [0, 0.05) is 6.54 Å². The van der Waals surface area contributed by atoms with Crippen molar-refractivity contribution in [3.63, 3.8) is 0 Å². The van der Waals surface area contributed by atoms with E-state index in [1.807, 2.05) is 24.3 Å². The van der Waals surface area contributed by atoms with Gasteiger partial charge in [0.05, 0.1) is 10.2 Å². The van der Waals surface area contributed by atoms with Gasteiger partial charge in [0.2, 0.25) is 0 Å². The third-order valence-electron chi connectivity index (χ3n) is 4.21. The average Bonchev–Trinajstić information content (AvgIpc) is 2.91. The summed E-state index contributed by atoms with van der Waals surface area (Å²) < 4.78 is 0.925. The van der Waals surface area contributed by atoms with Crippen LogP contribution in [0.15, 0.2) is 24.3 Å². The van der Waals surface area contributed by atoms with E-state index in [-0.39, 0.29) is 0 Å². The number of aliphatic hydroxyl groups is 2. The minimum absolute atomic E-state index is 0.364. The van der Waals surface area contributed by atoms with Crippen LogP contribution in [0.1, 0.15) is 36.8 Å². The molecule has 0 aliphatic heterocycles. The number of nitrogens with one attached hydrogen (secondary N) is 1. The molecule has 1 aliphatic carbocycles. The molecule has 22 heavy (non-hydrogen) atoms. The molecule has 0 radical (unpaired) electrons. The van der Waals surface area contributed by atoms with Gasteiger partial charge in [0.15, 0.2) is 6.10 Å². The Labute approximate surface area is 133 Å². The number of amides is 1. The molecule has 0 saturated heterocycles. The highest BCUT2D eigenvalue weighted by atomic mass is 32.1. The number of aliphatic hydroxyl groups excluding tert-OH is 2. The Kier molecular flexibility index (Phi) is 4.71. The zero-order chi connectivity index (χ0) is 15.5. The number of aromatic nitrogens is 1. The molecule has 0 bridgehead atoms. The average molecular weight is 320 g/mol. The minimum Gasteiger partial charge on any atom is -0.383 e. The maximum atomic E-state index is 11.9. The van der Waals surface area contributed by atoms with E-state index >= 15 is 0 Å². The fraction of sp³-hybridized carbons (Fsp3) is 0.500. The van der Waals surface area contributed by atoms with Crippen molar-refractivity contribution in [3.05, 3.63) is 29.3 Å². The summed E-state index contributed by atoms with van der Waals surface area (Å²) in [5.41, 5.74) is 0.763. The number of carbonyl (C=O) groups is 1. The first-order chi connectivity index (χ1) is 10.6. The molecule has 1 aromatic carbocycles. The van der Waals surface area contributed by atoms with E-state index in [1.165, 1.54) is 30.6 Å². The molecule has 1 aromatic heterocycles. The number of hydrogen-bond donors (Lipinski definition) is 3. The van der Waals surface area contributed by atoms with Gasteiger partial charge in [-0.1, -0.05) is 31.4 Å². The first-order valence-corrected chi connectivity index (χ1v) is 8.46. The molecule has 5 nitrogen and oxygen atoms in total. The summed E-state index contributed by atoms with van der Waals surface area (Å²) in [6.45, 7) is 0.549. The summed E-state index contributed by atoms with van der Waals surface area (Å²) in [6.07, 6.45) is 1.90. The van der Waals surface area contributed by atoms with E-state index in [0.717, 1.165) is 16.6 Å². The van der Waals surface area contributed by atoms with Crippen LogP contribution in [0.2, 0.25) is 0 Å². The molecule has 1 aliphatic rings. The van der Waals surface area contributed by atoms with Crippen LogP contribution in [0.4, 0.5) is 0 Å². The number of fused-ring (bicyclic) bond motifs is 1. The Balaban J connectivity index is 1.57. The van der Waals surface area contributed by atoms with Gasteiger partial charge in [-0.25, -0.2) is 4.98 Å². The molecule has 2 atom stereocenters. The maximum absolute atomic E-state index is 11.9. The third-order valence-corrected chi connectivity index (χ3v) is 5.31. The van der Waals surface area contributed by atoms with Crippen molar-refractivity contribution in [2.45, 2.75) is 37.9 Å². The van der Waals surface area contributed by atoms with E-state index in [0.29, 0.717) is 17.5 Å². The summed E-state index contributed by atoms with van der Waals surface area (Å²) in [5, 5.41) is 23.2. The number of hydrogen-bond acceptors (Lipinski definition) is 5. The van der Waals surface area contributed by atoms with E-state index < -0.39 is 18.1 Å². The van der Waals surface area contributed by atoms with Gasteiger partial charge in [-0.15, -0.1) is 11.3 Å². The van der Waals surface area contributed by atoms with E-state index in [2.05, 4.69) is 10.3 Å². The SMILES string of the molecule is O=C(NCCC1CCC1)C(O)C(O)c1nc2ccccc2s1. The smallest absolute Gasteiger partial charge is 0.252 e. The topological polar surface area (TPSA) is 82.5 Å². The minimum atomic E-state index is -1.48. The molecule has 118 valence electrons. The van der Waals surface area contributed by atoms with Gasteiger partial charge in [0.1, 0.15) is 11.1 Å². The zero-order valence-corrected chi connectivity index (χ0v) is 13.1. The molecule has 1 heterocycles. The van der Waals surface area contributed by atoms with Crippen molar-refractivity contribution in [1.82, 2.24) is 10.3 Å². The molecule has 1 fully saturated rings. The molecule has 0 spiro atoms. The highest BCUT2D eigenvalue weighted by Gasteiger charge is 2.28. The number of thiazole rings is 1. The molecule has 3 rings (SSSR count). The van der Waals surface area contributed by atoms with E-state index in [9.17, 15) is 15.0 Å². The molecular formula is C16H20N2O3S. The predicted molar refractivity (Wildman–Crippen MR) is 85.6 cm³/mol. The van der Waals surface area contributed by atoms with Crippen LogP contribution in [0.25, 0.3) is 10.2 Å². The Bertz CT molecular complexity index is 621. The number of nitrogens with zero attached hydrogens (tertiary/aromatic N) is 1. The van der Waals surface area contributed by atoms with E-state index in [4.69, 9.17) is 0 Å². The monoisotopic (exact) mass is 320 g/mol. The van der Waals surface area contributed by atoms with Gasteiger partial charge in [0.25, 0.3) is 5.91 Å². The quantitative estimate of drug-likeness (QED) is 0.760. The summed E-state index contributed by atoms with van der Waals surface area (Å²) in [6, 6.07) is 7.49. The molecule has 1 saturated carbocycles. The lowest BCUT2D eigenvalue weighted by molar-refractivity contribution is -0.135. The summed E-state index contributed by atoms with van der Waals surface area (Å²) in [5.74, 6) is 0.165. The van der Waals surface area contributed by atoms with Crippen LogP contribution in [-0.4, -0.2) is 33.8 Å². The highest BCUT2D eigenvalue weighted by molar-refractivity contribution is 7.18. The second-order valence-corrected chi connectivity index (χ2v) is 6.85. The molecule has 2 unspecified atom stereocenters. The van der Waals surface area contributed by atoms with Crippen molar-refractivity contribution in [2.24, 2.45) is 5.92 Å². The Morgan fingerprint density at radius 2 is 2.14 bits per heavy atom. The molecular weight excluding hydrogens is 300 g/mol. The molecule has 6 heteroatoms. The standard InChI is InChI=1S/C16H20N2O3S/c19-13(15(21)17-9-8-10-4-3-5-10)14(20)16-18-11-6-1-2-7-12(11)22-16/h1-2,6-7,10,13-14,19-20H,3-5,8-9H2,(H,17,21). The lowest BCUT2D eigenvalue weighted by Gasteiger charge is -2.25. The van der Waals surface area contributed by atoms with Gasteiger partial charge < -0.3 is 15.5 Å². The normalized spacial score (nSPS) is 17.9. The number of carbonyl (C=O) groups excluding carboxylic acids is 1. The van der Waals surface area contributed by atoms with Crippen molar-refractivity contribution < 1.29 is 15.0 Å². The summed E-state index contributed by atoms with van der Waals surface area (Å²) in [4.78, 5) is 16.2. The fourth-order valence-corrected chi connectivity index (χ4v) is 3.56. The van der Waals surface area contributed by atoms with Crippen LogP contribution < -0.4 is 5.32 Å². The van der Waals surface area contributed by atoms with Crippen molar-refractivity contribution in [3.8, 4) is 0 Å². The lowest BCUT2D eigenvalue weighted by atomic mass is 9.83. The van der Waals surface area contributed by atoms with E-state index in [1.54, 1.807) is 0 Å². The zero-order valence-electron chi connectivity index (χ0n) is 12.2. The van der Waals surface area contributed by atoms with Gasteiger partial charge >= 0.3 is 0 Å². The van der Waals surface area contributed by atoms with Gasteiger partial charge in [-0.2, -0.15) is 0 Å². The Hall–Kier alpha value is -1.50. The van der Waals surface area contributed by atoms with Crippen LogP contribution >= 0.6 is 11.3 Å². The maximum Gasteiger partial charge on any atom is 0.252 e. The van der Waals surface area contributed by atoms with Crippen molar-refractivity contribution in [2.75, 3.05) is 6.54 Å². The number of rotatable bonds is 6. The fourth-order valence-electron chi connectivity index (χ4n) is 2.58. The predicted octanol–water partition coefficient (Wildman–Crippen LogP) is 2.00. The first-order valence-electron chi connectivity index (χ1n) is 7.64. The highest BCUT2D eigenvalue weighted by Crippen LogP contribution is 2.29. The Morgan fingerprint density at radius 3 is 2.82 bits per heavy atom. The molecule has 3 N–H and O–H groups in total. The Morgan fingerprint density at radius 1 is 1.36 bits per heavy atom. The number of benzene rings is 1. The number of para-hydroxylation sites is 1. The van der Waals surface area contributed by atoms with Crippen molar-refractivity contribution >= 4 is 27.5 Å². The largest absolute Gasteiger partial charge is 0.383 e. The van der Waals surface area contributed by atoms with Crippen molar-refractivity contribution in [1.29, 1.82) is 0 Å². The van der Waals surface area contributed by atoms with Crippen LogP contribution in [0.5, 0.6) is 0 Å².